The van der Waals surface area contributed by atoms with E-state index in [1.54, 1.807) is 12.1 Å². The second-order valence-corrected chi connectivity index (χ2v) is 4.87. The smallest absolute Gasteiger partial charge is 0.240 e. The van der Waals surface area contributed by atoms with Crippen LogP contribution in [0.15, 0.2) is 29.2 Å². The molecule has 0 aliphatic carbocycles. The SMILES string of the molecule is N#CCc1ccc(S(=O)(=O)NCCO)cc1. The van der Waals surface area contributed by atoms with Crippen LogP contribution in [-0.2, 0) is 16.4 Å². The Bertz CT molecular complexity index is 474. The molecule has 0 bridgehead atoms. The van der Waals surface area contributed by atoms with Crippen molar-refractivity contribution in [3.8, 4) is 6.07 Å². The summed E-state index contributed by atoms with van der Waals surface area (Å²) >= 11 is 0. The fourth-order valence-electron chi connectivity index (χ4n) is 1.14. The van der Waals surface area contributed by atoms with Crippen LogP contribution in [0.5, 0.6) is 0 Å². The minimum absolute atomic E-state index is 0.0116. The molecule has 0 spiro atoms. The van der Waals surface area contributed by atoms with E-state index in [1.165, 1.54) is 12.1 Å². The molecular weight excluding hydrogens is 228 g/mol. The van der Waals surface area contributed by atoms with Gasteiger partial charge in [-0.1, -0.05) is 12.1 Å². The molecule has 2 N–H and O–H groups in total. The molecular formula is C10H12N2O3S. The van der Waals surface area contributed by atoms with Gasteiger partial charge in [0.05, 0.1) is 24.0 Å². The summed E-state index contributed by atoms with van der Waals surface area (Å²) in [6.45, 7) is -0.256. The molecule has 0 aliphatic heterocycles. The number of nitrogens with zero attached hydrogens (tertiary/aromatic N) is 1. The Balaban J connectivity index is 2.85. The van der Waals surface area contributed by atoms with Crippen molar-refractivity contribution in [3.63, 3.8) is 0 Å². The van der Waals surface area contributed by atoms with Crippen LogP contribution in [-0.4, -0.2) is 26.7 Å². The first kappa shape index (κ1) is 12.6. The third-order valence-electron chi connectivity index (χ3n) is 1.92. The fraction of sp³-hybridized carbons (Fsp3) is 0.300. The summed E-state index contributed by atoms with van der Waals surface area (Å²) in [5.74, 6) is 0. The van der Waals surface area contributed by atoms with Gasteiger partial charge in [-0.2, -0.15) is 5.26 Å². The van der Waals surface area contributed by atoms with Gasteiger partial charge in [0, 0.05) is 6.54 Å². The number of hydrogen-bond acceptors (Lipinski definition) is 4. The standard InChI is InChI=1S/C10H12N2O3S/c11-6-5-9-1-3-10(4-2-9)16(14,15)12-7-8-13/h1-4,12-13H,5,7-8H2. The van der Waals surface area contributed by atoms with Gasteiger partial charge < -0.3 is 5.11 Å². The van der Waals surface area contributed by atoms with Gasteiger partial charge in [-0.25, -0.2) is 13.1 Å². The number of benzene rings is 1. The van der Waals surface area contributed by atoms with Crippen LogP contribution in [0.3, 0.4) is 0 Å². The fourth-order valence-corrected chi connectivity index (χ4v) is 2.16. The predicted octanol–water partition coefficient (Wildman–Crippen LogP) is 0.0233. The molecule has 0 unspecified atom stereocenters. The number of rotatable bonds is 5. The Labute approximate surface area is 94.4 Å². The average molecular weight is 240 g/mol. The van der Waals surface area contributed by atoms with Gasteiger partial charge in [0.2, 0.25) is 10.0 Å². The molecule has 0 heterocycles. The number of aliphatic hydroxyl groups is 1. The summed E-state index contributed by atoms with van der Waals surface area (Å²) in [6.07, 6.45) is 0.254. The molecule has 1 aromatic rings. The quantitative estimate of drug-likeness (QED) is 0.759. The normalized spacial score (nSPS) is 11.0. The Morgan fingerprint density at radius 3 is 2.44 bits per heavy atom. The van der Waals surface area contributed by atoms with E-state index in [0.29, 0.717) is 0 Å². The molecule has 86 valence electrons. The molecule has 1 aromatic carbocycles. The lowest BCUT2D eigenvalue weighted by Gasteiger charge is -2.05. The highest BCUT2D eigenvalue weighted by atomic mass is 32.2. The van der Waals surface area contributed by atoms with Crippen molar-refractivity contribution < 1.29 is 13.5 Å². The summed E-state index contributed by atoms with van der Waals surface area (Å²) in [4.78, 5) is 0.127. The lowest BCUT2D eigenvalue weighted by molar-refractivity contribution is 0.301. The summed E-state index contributed by atoms with van der Waals surface area (Å²) in [5, 5.41) is 17.0. The Morgan fingerprint density at radius 2 is 1.94 bits per heavy atom. The zero-order valence-corrected chi connectivity index (χ0v) is 9.37. The highest BCUT2D eigenvalue weighted by molar-refractivity contribution is 7.89. The molecule has 0 amide bonds. The summed E-state index contributed by atoms with van der Waals surface area (Å²) in [5.41, 5.74) is 0.767. The molecule has 5 nitrogen and oxygen atoms in total. The Kier molecular flexibility index (Phi) is 4.43. The first-order valence-electron chi connectivity index (χ1n) is 4.66. The topological polar surface area (TPSA) is 90.2 Å². The average Bonchev–Trinajstić information content (AvgIpc) is 2.28. The number of sulfonamides is 1. The zero-order chi connectivity index (χ0) is 12.0. The monoisotopic (exact) mass is 240 g/mol. The maximum Gasteiger partial charge on any atom is 0.240 e. The van der Waals surface area contributed by atoms with Crippen molar-refractivity contribution in [2.45, 2.75) is 11.3 Å². The van der Waals surface area contributed by atoms with Crippen LogP contribution in [0.25, 0.3) is 0 Å². The van der Waals surface area contributed by atoms with Crippen LogP contribution < -0.4 is 4.72 Å². The van der Waals surface area contributed by atoms with Crippen LogP contribution >= 0.6 is 0 Å². The third kappa shape index (κ3) is 3.31. The molecule has 0 saturated heterocycles. The van der Waals surface area contributed by atoms with Crippen molar-refractivity contribution >= 4 is 10.0 Å². The minimum Gasteiger partial charge on any atom is -0.395 e. The van der Waals surface area contributed by atoms with Crippen molar-refractivity contribution in [3.05, 3.63) is 29.8 Å². The molecule has 0 atom stereocenters. The van der Waals surface area contributed by atoms with E-state index in [4.69, 9.17) is 10.4 Å². The molecule has 16 heavy (non-hydrogen) atoms. The van der Waals surface area contributed by atoms with Crippen molar-refractivity contribution in [1.82, 2.24) is 4.72 Å². The second-order valence-electron chi connectivity index (χ2n) is 3.10. The summed E-state index contributed by atoms with van der Waals surface area (Å²) in [7, 11) is -3.55. The molecule has 0 fully saturated rings. The van der Waals surface area contributed by atoms with Gasteiger partial charge in [-0.05, 0) is 17.7 Å². The van der Waals surface area contributed by atoms with E-state index in [0.717, 1.165) is 5.56 Å². The van der Waals surface area contributed by atoms with Gasteiger partial charge in [-0.15, -0.1) is 0 Å². The molecule has 0 aliphatic rings. The zero-order valence-electron chi connectivity index (χ0n) is 8.55. The van der Waals surface area contributed by atoms with Crippen molar-refractivity contribution in [1.29, 1.82) is 5.26 Å². The maximum atomic E-state index is 11.6. The van der Waals surface area contributed by atoms with Crippen molar-refractivity contribution in [2.75, 3.05) is 13.2 Å². The van der Waals surface area contributed by atoms with E-state index >= 15 is 0 Å². The maximum absolute atomic E-state index is 11.6. The van der Waals surface area contributed by atoms with E-state index in [1.807, 2.05) is 6.07 Å². The van der Waals surface area contributed by atoms with E-state index in [2.05, 4.69) is 4.72 Å². The second kappa shape index (κ2) is 5.61. The molecule has 0 saturated carbocycles. The Hall–Kier alpha value is -1.42. The lowest BCUT2D eigenvalue weighted by Crippen LogP contribution is -2.26. The molecule has 1 rings (SSSR count). The van der Waals surface area contributed by atoms with Crippen LogP contribution in [0.4, 0.5) is 0 Å². The first-order chi connectivity index (χ1) is 7.60. The first-order valence-corrected chi connectivity index (χ1v) is 6.15. The van der Waals surface area contributed by atoms with Gasteiger partial charge in [0.1, 0.15) is 0 Å². The molecule has 0 aromatic heterocycles. The van der Waals surface area contributed by atoms with Crippen LogP contribution in [0, 0.1) is 11.3 Å². The summed E-state index contributed by atoms with van der Waals surface area (Å²) < 4.78 is 25.4. The highest BCUT2D eigenvalue weighted by Crippen LogP contribution is 2.10. The molecule has 0 radical (unpaired) electrons. The number of nitriles is 1. The van der Waals surface area contributed by atoms with Crippen LogP contribution in [0.1, 0.15) is 5.56 Å². The number of nitrogens with one attached hydrogen (secondary N) is 1. The van der Waals surface area contributed by atoms with E-state index in [-0.39, 0.29) is 24.5 Å². The van der Waals surface area contributed by atoms with Gasteiger partial charge in [0.25, 0.3) is 0 Å². The Morgan fingerprint density at radius 1 is 1.31 bits per heavy atom. The van der Waals surface area contributed by atoms with Crippen molar-refractivity contribution in [2.24, 2.45) is 0 Å². The molecule has 6 heteroatoms. The van der Waals surface area contributed by atoms with E-state index in [9.17, 15) is 8.42 Å². The van der Waals surface area contributed by atoms with Crippen LogP contribution in [0.2, 0.25) is 0 Å². The lowest BCUT2D eigenvalue weighted by atomic mass is 10.2. The minimum atomic E-state index is -3.55. The van der Waals surface area contributed by atoms with Gasteiger partial charge >= 0.3 is 0 Å². The highest BCUT2D eigenvalue weighted by Gasteiger charge is 2.12. The van der Waals surface area contributed by atoms with E-state index < -0.39 is 10.0 Å². The number of hydrogen-bond donors (Lipinski definition) is 2. The van der Waals surface area contributed by atoms with Gasteiger partial charge in [-0.3, -0.25) is 0 Å². The largest absolute Gasteiger partial charge is 0.395 e. The third-order valence-corrected chi connectivity index (χ3v) is 3.40. The predicted molar refractivity (Wildman–Crippen MR) is 58.0 cm³/mol. The number of aliphatic hydroxyl groups excluding tert-OH is 1. The van der Waals surface area contributed by atoms with Gasteiger partial charge in [0.15, 0.2) is 0 Å². The summed E-state index contributed by atoms with van der Waals surface area (Å²) in [6, 6.07) is 8.04.